The van der Waals surface area contributed by atoms with E-state index in [1.807, 2.05) is 0 Å². The van der Waals surface area contributed by atoms with Crippen LogP contribution in [0.25, 0.3) is 0 Å². The molecule has 0 saturated heterocycles. The first-order chi connectivity index (χ1) is 12.1. The molecule has 1 aromatic carbocycles. The minimum atomic E-state index is -5.03. The number of halogens is 4. The normalized spacial score (nSPS) is 15.3. The number of aromatic nitrogens is 1. The molecule has 2 aromatic rings. The fourth-order valence-electron chi connectivity index (χ4n) is 2.43. The van der Waals surface area contributed by atoms with Gasteiger partial charge in [-0.3, -0.25) is 4.79 Å². The van der Waals surface area contributed by atoms with Gasteiger partial charge in [0.25, 0.3) is 0 Å². The molecule has 2 rings (SSSR count). The first kappa shape index (κ1) is 20.7. The fourth-order valence-corrected chi connectivity index (χ4v) is 3.48. The van der Waals surface area contributed by atoms with Crippen LogP contribution >= 0.6 is 22.9 Å². The number of aliphatic hydroxyl groups is 1. The second-order valence-electron chi connectivity index (χ2n) is 5.91. The Bertz CT molecular complexity index is 764. The molecule has 0 aliphatic carbocycles. The van der Waals surface area contributed by atoms with Crippen LogP contribution < -0.4 is 5.32 Å². The van der Waals surface area contributed by atoms with E-state index in [1.54, 1.807) is 31.2 Å². The van der Waals surface area contributed by atoms with Crippen molar-refractivity contribution >= 4 is 28.8 Å². The Morgan fingerprint density at radius 3 is 2.42 bits per heavy atom. The molecule has 2 atom stereocenters. The highest BCUT2D eigenvalue weighted by Crippen LogP contribution is 2.42. The van der Waals surface area contributed by atoms with E-state index in [4.69, 9.17) is 11.6 Å². The van der Waals surface area contributed by atoms with Gasteiger partial charge >= 0.3 is 6.18 Å². The lowest BCUT2D eigenvalue weighted by Gasteiger charge is -2.29. The number of alkyl halides is 3. The molecule has 1 amide bonds. The number of rotatable bonds is 6. The Hall–Kier alpha value is -1.64. The molecule has 2 N–H and O–H groups in total. The molecule has 1 aromatic heterocycles. The molecule has 1 heterocycles. The first-order valence-corrected chi connectivity index (χ1v) is 9.09. The second kappa shape index (κ2) is 7.94. The molecule has 0 bridgehead atoms. The molecule has 0 aliphatic rings. The predicted molar refractivity (Wildman–Crippen MR) is 94.0 cm³/mol. The fraction of sp³-hybridized carbons (Fsp3) is 0.412. The van der Waals surface area contributed by atoms with Crippen molar-refractivity contribution in [3.63, 3.8) is 0 Å². The van der Waals surface area contributed by atoms with Crippen molar-refractivity contribution in [2.75, 3.05) is 0 Å². The zero-order valence-electron chi connectivity index (χ0n) is 14.1. The van der Waals surface area contributed by atoms with Crippen LogP contribution in [0.5, 0.6) is 0 Å². The van der Waals surface area contributed by atoms with E-state index in [1.165, 1.54) is 12.3 Å². The van der Waals surface area contributed by atoms with E-state index in [0.29, 0.717) is 34.0 Å². The number of nitrogens with zero attached hydrogens (tertiary/aromatic N) is 1. The van der Waals surface area contributed by atoms with Crippen molar-refractivity contribution in [3.8, 4) is 0 Å². The highest BCUT2D eigenvalue weighted by molar-refractivity contribution is 7.09. The van der Waals surface area contributed by atoms with Crippen molar-refractivity contribution in [1.29, 1.82) is 0 Å². The zero-order valence-corrected chi connectivity index (χ0v) is 15.7. The van der Waals surface area contributed by atoms with E-state index >= 15 is 0 Å². The first-order valence-electron chi connectivity index (χ1n) is 7.83. The monoisotopic (exact) mass is 406 g/mol. The lowest BCUT2D eigenvalue weighted by Crippen LogP contribution is -2.46. The number of thiazole rings is 1. The van der Waals surface area contributed by atoms with Crippen LogP contribution in [-0.2, 0) is 10.4 Å². The van der Waals surface area contributed by atoms with E-state index in [-0.39, 0.29) is 0 Å². The highest BCUT2D eigenvalue weighted by Gasteiger charge is 2.58. The molecule has 0 fully saturated rings. The highest BCUT2D eigenvalue weighted by atomic mass is 35.5. The Morgan fingerprint density at radius 2 is 1.96 bits per heavy atom. The summed E-state index contributed by atoms with van der Waals surface area (Å²) >= 11 is 6.49. The van der Waals surface area contributed by atoms with Crippen LogP contribution in [-0.4, -0.2) is 22.2 Å². The van der Waals surface area contributed by atoms with Crippen LogP contribution in [0.2, 0.25) is 5.02 Å². The van der Waals surface area contributed by atoms with E-state index in [0.717, 1.165) is 0 Å². The van der Waals surface area contributed by atoms with Crippen LogP contribution in [0, 0.1) is 6.92 Å². The van der Waals surface area contributed by atoms with Gasteiger partial charge in [-0.25, -0.2) is 4.98 Å². The van der Waals surface area contributed by atoms with Crippen molar-refractivity contribution in [3.05, 3.63) is 50.9 Å². The third kappa shape index (κ3) is 4.55. The Labute approximate surface area is 158 Å². The van der Waals surface area contributed by atoms with Crippen molar-refractivity contribution < 1.29 is 23.1 Å². The van der Waals surface area contributed by atoms with Crippen LogP contribution in [0.3, 0.4) is 0 Å². The standard InChI is InChI=1S/C17H18ClF3N2O2S/c1-3-13(11-4-6-12(18)7-5-11)23-14(24)8-16(25,17(19,20)21)15-22-10(2)9-26-15/h4-7,9,13,25H,3,8H2,1-2H3,(H,23,24). The Kier molecular flexibility index (Phi) is 6.31. The van der Waals surface area contributed by atoms with Crippen molar-refractivity contribution in [2.24, 2.45) is 0 Å². The summed E-state index contributed by atoms with van der Waals surface area (Å²) in [6, 6.07) is 6.16. The maximum atomic E-state index is 13.5. The minimum absolute atomic E-state index is 0.348. The minimum Gasteiger partial charge on any atom is -0.374 e. The van der Waals surface area contributed by atoms with Crippen LogP contribution in [0.15, 0.2) is 29.6 Å². The number of carbonyl (C=O) groups excluding carboxylic acids is 1. The van der Waals surface area contributed by atoms with Gasteiger partial charge in [0, 0.05) is 16.1 Å². The third-order valence-electron chi connectivity index (χ3n) is 3.87. The summed E-state index contributed by atoms with van der Waals surface area (Å²) in [4.78, 5) is 16.0. The second-order valence-corrected chi connectivity index (χ2v) is 7.20. The number of hydrogen-bond donors (Lipinski definition) is 2. The summed E-state index contributed by atoms with van der Waals surface area (Å²) in [5, 5.41) is 14.1. The third-order valence-corrected chi connectivity index (χ3v) is 5.24. The summed E-state index contributed by atoms with van der Waals surface area (Å²) in [6.07, 6.45) is -5.72. The number of hydrogen-bond acceptors (Lipinski definition) is 4. The largest absolute Gasteiger partial charge is 0.424 e. The Balaban J connectivity index is 2.20. The molecular formula is C17H18ClF3N2O2S. The molecule has 0 radical (unpaired) electrons. The lowest BCUT2D eigenvalue weighted by atomic mass is 9.98. The van der Waals surface area contributed by atoms with Gasteiger partial charge in [0.05, 0.1) is 12.5 Å². The number of benzene rings is 1. The smallest absolute Gasteiger partial charge is 0.374 e. The SMILES string of the molecule is CCC(NC(=O)CC(O)(c1nc(C)cs1)C(F)(F)F)c1ccc(Cl)cc1. The van der Waals surface area contributed by atoms with Gasteiger partial charge in [-0.2, -0.15) is 13.2 Å². The average molecular weight is 407 g/mol. The summed E-state index contributed by atoms with van der Waals surface area (Å²) < 4.78 is 40.4. The number of nitrogens with one attached hydrogen (secondary N) is 1. The summed E-state index contributed by atoms with van der Waals surface area (Å²) in [5.41, 5.74) is -2.26. The van der Waals surface area contributed by atoms with Gasteiger partial charge in [-0.15, -0.1) is 11.3 Å². The molecular weight excluding hydrogens is 389 g/mol. The Morgan fingerprint density at radius 1 is 1.35 bits per heavy atom. The van der Waals surface area contributed by atoms with Gasteiger partial charge in [-0.1, -0.05) is 30.7 Å². The van der Waals surface area contributed by atoms with Gasteiger partial charge in [0.2, 0.25) is 11.5 Å². The number of carbonyl (C=O) groups is 1. The van der Waals surface area contributed by atoms with Gasteiger partial charge in [0.15, 0.2) is 0 Å². The summed E-state index contributed by atoms with van der Waals surface area (Å²) in [7, 11) is 0. The van der Waals surface area contributed by atoms with Crippen LogP contribution in [0.4, 0.5) is 13.2 Å². The summed E-state index contributed by atoms with van der Waals surface area (Å²) in [6.45, 7) is 3.31. The molecule has 9 heteroatoms. The van der Waals surface area contributed by atoms with Gasteiger partial charge in [0.1, 0.15) is 5.01 Å². The molecule has 0 aliphatic heterocycles. The van der Waals surface area contributed by atoms with E-state index in [2.05, 4.69) is 10.3 Å². The number of aryl methyl sites for hydroxylation is 1. The van der Waals surface area contributed by atoms with Gasteiger partial charge in [-0.05, 0) is 31.0 Å². The predicted octanol–water partition coefficient (Wildman–Crippen LogP) is 4.51. The van der Waals surface area contributed by atoms with Crippen molar-refractivity contribution in [2.45, 2.75) is 44.5 Å². The molecule has 0 spiro atoms. The van der Waals surface area contributed by atoms with Crippen LogP contribution in [0.1, 0.15) is 42.1 Å². The number of amides is 1. The maximum absolute atomic E-state index is 13.5. The quantitative estimate of drug-likeness (QED) is 0.741. The molecule has 4 nitrogen and oxygen atoms in total. The molecule has 142 valence electrons. The maximum Gasteiger partial charge on any atom is 0.424 e. The van der Waals surface area contributed by atoms with Crippen molar-refractivity contribution in [1.82, 2.24) is 10.3 Å². The molecule has 26 heavy (non-hydrogen) atoms. The molecule has 2 unspecified atom stereocenters. The van der Waals surface area contributed by atoms with E-state index < -0.39 is 35.2 Å². The topological polar surface area (TPSA) is 62.2 Å². The zero-order chi connectivity index (χ0) is 19.5. The lowest BCUT2D eigenvalue weighted by molar-refractivity contribution is -0.267. The summed E-state index contributed by atoms with van der Waals surface area (Å²) in [5.74, 6) is -0.917. The van der Waals surface area contributed by atoms with Gasteiger partial charge < -0.3 is 10.4 Å². The average Bonchev–Trinajstić information content (AvgIpc) is 2.99. The van der Waals surface area contributed by atoms with E-state index in [9.17, 15) is 23.1 Å². The molecule has 0 saturated carbocycles.